The summed E-state index contributed by atoms with van der Waals surface area (Å²) in [4.78, 5) is 0. The van der Waals surface area contributed by atoms with Crippen molar-refractivity contribution in [1.29, 1.82) is 0 Å². The van der Waals surface area contributed by atoms with Crippen LogP contribution in [-0.4, -0.2) is 36.3 Å². The molecule has 1 saturated heterocycles. The number of halogens is 1. The molecule has 1 spiro atoms. The van der Waals surface area contributed by atoms with Crippen molar-refractivity contribution in [2.24, 2.45) is 0 Å². The predicted molar refractivity (Wildman–Crippen MR) is 70.0 cm³/mol. The molecule has 1 saturated carbocycles. The zero-order valence-electron chi connectivity index (χ0n) is 11.5. The summed E-state index contributed by atoms with van der Waals surface area (Å²) in [5, 5.41) is 10.1. The molecule has 2 fully saturated rings. The lowest BCUT2D eigenvalue weighted by atomic mass is 9.89. The molecule has 0 bridgehead atoms. The van der Waals surface area contributed by atoms with E-state index < -0.39 is 18.0 Å². The van der Waals surface area contributed by atoms with Crippen molar-refractivity contribution in [2.75, 3.05) is 13.2 Å². The third kappa shape index (κ3) is 2.53. The van der Waals surface area contributed by atoms with Crippen molar-refractivity contribution < 1.29 is 23.7 Å². The van der Waals surface area contributed by atoms with Crippen molar-refractivity contribution in [1.82, 2.24) is 0 Å². The Bertz CT molecular complexity index is 485. The average molecular weight is 282 g/mol. The van der Waals surface area contributed by atoms with Gasteiger partial charge < -0.3 is 19.3 Å². The molecular formula is C15H19FO4. The number of ether oxygens (including phenoxy) is 3. The van der Waals surface area contributed by atoms with E-state index in [9.17, 15) is 9.50 Å². The highest BCUT2D eigenvalue weighted by Gasteiger charge is 2.46. The smallest absolute Gasteiger partial charge is 0.172 e. The van der Waals surface area contributed by atoms with Crippen LogP contribution < -0.4 is 4.74 Å². The predicted octanol–water partition coefficient (Wildman–Crippen LogP) is 2.17. The van der Waals surface area contributed by atoms with E-state index in [0.29, 0.717) is 38.0 Å². The fourth-order valence-electron chi connectivity index (χ4n) is 2.85. The van der Waals surface area contributed by atoms with Crippen LogP contribution in [-0.2, 0) is 9.47 Å². The lowest BCUT2D eigenvalue weighted by Crippen LogP contribution is -2.47. The second-order valence-corrected chi connectivity index (χ2v) is 5.46. The molecule has 0 aromatic heterocycles. The summed E-state index contributed by atoms with van der Waals surface area (Å²) < 4.78 is 31.0. The van der Waals surface area contributed by atoms with E-state index in [1.165, 1.54) is 0 Å². The van der Waals surface area contributed by atoms with Crippen molar-refractivity contribution >= 4 is 0 Å². The Balaban J connectivity index is 1.76. The molecule has 2 aliphatic rings. The number of aryl methyl sites for hydroxylation is 1. The Morgan fingerprint density at radius 2 is 2.10 bits per heavy atom. The van der Waals surface area contributed by atoms with Gasteiger partial charge in [0.2, 0.25) is 0 Å². The first-order chi connectivity index (χ1) is 9.60. The number of aliphatic hydroxyl groups excluding tert-OH is 1. The minimum atomic E-state index is -0.663. The number of aliphatic hydroxyl groups is 1. The Hall–Kier alpha value is -1.17. The van der Waals surface area contributed by atoms with Crippen LogP contribution in [0.3, 0.4) is 0 Å². The first-order valence-electron chi connectivity index (χ1n) is 6.97. The van der Waals surface area contributed by atoms with Crippen LogP contribution in [0.1, 0.15) is 24.8 Å². The van der Waals surface area contributed by atoms with Gasteiger partial charge in [0.15, 0.2) is 17.4 Å². The summed E-state index contributed by atoms with van der Waals surface area (Å²) in [5.74, 6) is -0.874. The van der Waals surface area contributed by atoms with Crippen LogP contribution in [0.2, 0.25) is 0 Å². The van der Waals surface area contributed by atoms with Gasteiger partial charge in [-0.15, -0.1) is 0 Å². The number of hydrogen-bond donors (Lipinski definition) is 1. The van der Waals surface area contributed by atoms with E-state index in [1.807, 2.05) is 0 Å². The minimum Gasteiger partial charge on any atom is -0.484 e. The number of rotatable bonds is 2. The molecule has 20 heavy (non-hydrogen) atoms. The fraction of sp³-hybridized carbons (Fsp3) is 0.600. The number of hydrogen-bond acceptors (Lipinski definition) is 4. The Kier molecular flexibility index (Phi) is 3.67. The molecule has 2 atom stereocenters. The van der Waals surface area contributed by atoms with Crippen molar-refractivity contribution in [3.63, 3.8) is 0 Å². The lowest BCUT2D eigenvalue weighted by molar-refractivity contribution is -0.209. The van der Waals surface area contributed by atoms with Gasteiger partial charge in [-0.25, -0.2) is 4.39 Å². The van der Waals surface area contributed by atoms with Crippen molar-refractivity contribution in [3.05, 3.63) is 29.6 Å². The standard InChI is InChI=1S/C15H19FO4/c1-10-3-2-4-12(14(10)16)20-13-9-15(6-5-11(13)17)18-7-8-19-15/h2-4,11,13,17H,5-9H2,1H3. The van der Waals surface area contributed by atoms with Gasteiger partial charge in [-0.2, -0.15) is 0 Å². The summed E-state index contributed by atoms with van der Waals surface area (Å²) in [5.41, 5.74) is 0.524. The molecule has 1 aliphatic heterocycles. The molecule has 2 unspecified atom stereocenters. The van der Waals surface area contributed by atoms with E-state index in [2.05, 4.69) is 0 Å². The largest absolute Gasteiger partial charge is 0.484 e. The highest BCUT2D eigenvalue weighted by atomic mass is 19.1. The average Bonchev–Trinajstić information content (AvgIpc) is 2.88. The monoisotopic (exact) mass is 282 g/mol. The van der Waals surface area contributed by atoms with Gasteiger partial charge in [0, 0.05) is 12.8 Å². The van der Waals surface area contributed by atoms with Gasteiger partial charge in [-0.3, -0.25) is 0 Å². The van der Waals surface area contributed by atoms with Crippen LogP contribution in [0.25, 0.3) is 0 Å². The minimum absolute atomic E-state index is 0.170. The molecule has 1 aliphatic carbocycles. The molecule has 0 radical (unpaired) electrons. The molecule has 4 nitrogen and oxygen atoms in total. The van der Waals surface area contributed by atoms with Crippen LogP contribution >= 0.6 is 0 Å². The van der Waals surface area contributed by atoms with Gasteiger partial charge in [0.05, 0.1) is 19.3 Å². The molecule has 3 rings (SSSR count). The SMILES string of the molecule is Cc1cccc(OC2CC3(CCC2O)OCCO3)c1F. The summed E-state index contributed by atoms with van der Waals surface area (Å²) in [7, 11) is 0. The van der Waals surface area contributed by atoms with E-state index in [1.54, 1.807) is 25.1 Å². The van der Waals surface area contributed by atoms with Crippen molar-refractivity contribution in [3.8, 4) is 5.75 Å². The maximum Gasteiger partial charge on any atom is 0.172 e. The van der Waals surface area contributed by atoms with Gasteiger partial charge >= 0.3 is 0 Å². The van der Waals surface area contributed by atoms with E-state index in [0.717, 1.165) is 0 Å². The molecule has 1 N–H and O–H groups in total. The fourth-order valence-corrected chi connectivity index (χ4v) is 2.85. The van der Waals surface area contributed by atoms with Crippen LogP contribution in [0.15, 0.2) is 18.2 Å². The summed E-state index contributed by atoms with van der Waals surface area (Å²) >= 11 is 0. The van der Waals surface area contributed by atoms with E-state index in [4.69, 9.17) is 14.2 Å². The van der Waals surface area contributed by atoms with E-state index in [-0.39, 0.29) is 11.6 Å². The third-order valence-corrected chi connectivity index (χ3v) is 4.01. The van der Waals surface area contributed by atoms with Crippen molar-refractivity contribution in [2.45, 2.75) is 44.2 Å². The van der Waals surface area contributed by atoms with E-state index >= 15 is 0 Å². The zero-order chi connectivity index (χ0) is 14.2. The first-order valence-corrected chi connectivity index (χ1v) is 6.97. The highest BCUT2D eigenvalue weighted by Crippen LogP contribution is 2.38. The van der Waals surface area contributed by atoms with Crippen LogP contribution in [0, 0.1) is 12.7 Å². The lowest BCUT2D eigenvalue weighted by Gasteiger charge is -2.38. The zero-order valence-corrected chi connectivity index (χ0v) is 11.5. The summed E-state index contributed by atoms with van der Waals surface area (Å²) in [6.07, 6.45) is 0.441. The van der Waals surface area contributed by atoms with Crippen LogP contribution in [0.5, 0.6) is 5.75 Å². The van der Waals surface area contributed by atoms with Gasteiger partial charge in [0.25, 0.3) is 0 Å². The van der Waals surface area contributed by atoms with Gasteiger partial charge in [-0.05, 0) is 25.0 Å². The maximum atomic E-state index is 14.0. The number of benzene rings is 1. The Morgan fingerprint density at radius 3 is 2.85 bits per heavy atom. The topological polar surface area (TPSA) is 47.9 Å². The molecule has 5 heteroatoms. The second-order valence-electron chi connectivity index (χ2n) is 5.46. The summed E-state index contributed by atoms with van der Waals surface area (Å²) in [6, 6.07) is 5.00. The highest BCUT2D eigenvalue weighted by molar-refractivity contribution is 5.30. The molecule has 0 amide bonds. The van der Waals surface area contributed by atoms with Gasteiger partial charge in [-0.1, -0.05) is 12.1 Å². The van der Waals surface area contributed by atoms with Gasteiger partial charge in [0.1, 0.15) is 6.10 Å². The normalized spacial score (nSPS) is 28.8. The third-order valence-electron chi connectivity index (χ3n) is 4.01. The molecule has 1 heterocycles. The quantitative estimate of drug-likeness (QED) is 0.903. The Labute approximate surface area is 117 Å². The molecule has 1 aromatic carbocycles. The van der Waals surface area contributed by atoms with Crippen LogP contribution in [0.4, 0.5) is 4.39 Å². The molecule has 1 aromatic rings. The second kappa shape index (κ2) is 5.31. The maximum absolute atomic E-state index is 14.0. The first kappa shape index (κ1) is 13.8. The summed E-state index contributed by atoms with van der Waals surface area (Å²) in [6.45, 7) is 2.80. The molecular weight excluding hydrogens is 263 g/mol. The Morgan fingerprint density at radius 1 is 1.35 bits per heavy atom. The molecule has 110 valence electrons.